The Morgan fingerprint density at radius 3 is 2.67 bits per heavy atom. The van der Waals surface area contributed by atoms with Gasteiger partial charge in [-0.05, 0) is 36.2 Å². The van der Waals surface area contributed by atoms with Crippen molar-refractivity contribution in [3.63, 3.8) is 0 Å². The summed E-state index contributed by atoms with van der Waals surface area (Å²) in [6.07, 6.45) is 3.88. The van der Waals surface area contributed by atoms with Crippen molar-refractivity contribution in [2.24, 2.45) is 5.10 Å². The zero-order valence-corrected chi connectivity index (χ0v) is 16.6. The van der Waals surface area contributed by atoms with Gasteiger partial charge in [0.05, 0.1) is 13.3 Å². The number of carbonyl (C=O) groups is 1. The van der Waals surface area contributed by atoms with Gasteiger partial charge < -0.3 is 9.47 Å². The fourth-order valence-corrected chi connectivity index (χ4v) is 2.83. The van der Waals surface area contributed by atoms with E-state index in [1.165, 1.54) is 13.1 Å². The van der Waals surface area contributed by atoms with Crippen LogP contribution in [0.5, 0.6) is 11.5 Å². The van der Waals surface area contributed by atoms with Gasteiger partial charge in [-0.25, -0.2) is 5.43 Å². The van der Waals surface area contributed by atoms with Crippen molar-refractivity contribution in [1.82, 2.24) is 5.43 Å². The Balaban J connectivity index is 2.31. The van der Waals surface area contributed by atoms with E-state index in [1.807, 2.05) is 12.1 Å². The SMILES string of the molecule is C=CCc1cc(/C=N\NC(C)=O)cc(OC)c1OCc1ccc(Cl)cc1Cl. The predicted octanol–water partition coefficient (Wildman–Crippen LogP) is 4.78. The molecular formula is C20H20Cl2N2O3. The minimum atomic E-state index is -0.246. The number of amides is 1. The average molecular weight is 407 g/mol. The molecule has 0 bridgehead atoms. The van der Waals surface area contributed by atoms with E-state index in [0.29, 0.717) is 28.0 Å². The van der Waals surface area contributed by atoms with Crippen LogP contribution in [0.3, 0.4) is 0 Å². The van der Waals surface area contributed by atoms with Crippen LogP contribution in [-0.4, -0.2) is 19.2 Å². The highest BCUT2D eigenvalue weighted by Crippen LogP contribution is 2.34. The molecule has 0 radical (unpaired) electrons. The molecule has 0 unspecified atom stereocenters. The second-order valence-corrected chi connectivity index (χ2v) is 6.50. The molecule has 0 aromatic heterocycles. The van der Waals surface area contributed by atoms with Crippen LogP contribution in [0.2, 0.25) is 10.0 Å². The number of carbonyl (C=O) groups excluding carboxylic acids is 1. The molecule has 0 heterocycles. The van der Waals surface area contributed by atoms with Crippen LogP contribution < -0.4 is 14.9 Å². The minimum Gasteiger partial charge on any atom is -0.493 e. The Morgan fingerprint density at radius 1 is 1.26 bits per heavy atom. The van der Waals surface area contributed by atoms with Crippen molar-refractivity contribution < 1.29 is 14.3 Å². The lowest BCUT2D eigenvalue weighted by Crippen LogP contribution is -2.12. The molecule has 0 aliphatic heterocycles. The quantitative estimate of drug-likeness (QED) is 0.389. The minimum absolute atomic E-state index is 0.246. The fourth-order valence-electron chi connectivity index (χ4n) is 2.37. The molecule has 2 rings (SSSR count). The van der Waals surface area contributed by atoms with E-state index in [-0.39, 0.29) is 12.5 Å². The summed E-state index contributed by atoms with van der Waals surface area (Å²) in [7, 11) is 1.56. The van der Waals surface area contributed by atoms with E-state index < -0.39 is 0 Å². The van der Waals surface area contributed by atoms with E-state index in [2.05, 4.69) is 17.1 Å². The summed E-state index contributed by atoms with van der Waals surface area (Å²) in [6.45, 7) is 5.44. The predicted molar refractivity (Wildman–Crippen MR) is 109 cm³/mol. The number of hydrogen-bond donors (Lipinski definition) is 1. The Hall–Kier alpha value is -2.50. The second kappa shape index (κ2) is 10.00. The standard InChI is InChI=1S/C20H20Cl2N2O3/c1-4-5-15-8-14(11-23-24-13(2)25)9-19(26-3)20(15)27-12-16-6-7-17(21)10-18(16)22/h4,6-11H,1,5,12H2,2-3H3,(H,24,25)/b23-11-. The lowest BCUT2D eigenvalue weighted by atomic mass is 10.1. The molecule has 7 heteroatoms. The van der Waals surface area contributed by atoms with E-state index in [4.69, 9.17) is 32.7 Å². The molecule has 0 saturated carbocycles. The van der Waals surface area contributed by atoms with E-state index in [9.17, 15) is 4.79 Å². The summed E-state index contributed by atoms with van der Waals surface area (Å²) >= 11 is 12.1. The van der Waals surface area contributed by atoms with Crippen molar-refractivity contribution in [2.45, 2.75) is 20.0 Å². The smallest absolute Gasteiger partial charge is 0.236 e. The van der Waals surface area contributed by atoms with Gasteiger partial charge in [0.2, 0.25) is 5.91 Å². The molecule has 0 spiro atoms. The van der Waals surface area contributed by atoms with Crippen LogP contribution >= 0.6 is 23.2 Å². The van der Waals surface area contributed by atoms with Gasteiger partial charge in [0.25, 0.3) is 0 Å². The highest BCUT2D eigenvalue weighted by Gasteiger charge is 2.13. The van der Waals surface area contributed by atoms with Crippen LogP contribution in [0.25, 0.3) is 0 Å². The van der Waals surface area contributed by atoms with Crippen LogP contribution in [0, 0.1) is 0 Å². The highest BCUT2D eigenvalue weighted by atomic mass is 35.5. The molecule has 5 nitrogen and oxygen atoms in total. The molecular weight excluding hydrogens is 387 g/mol. The monoisotopic (exact) mass is 406 g/mol. The van der Waals surface area contributed by atoms with Crippen molar-refractivity contribution in [3.05, 3.63) is 69.7 Å². The number of halogens is 2. The highest BCUT2D eigenvalue weighted by molar-refractivity contribution is 6.35. The zero-order valence-electron chi connectivity index (χ0n) is 15.1. The number of rotatable bonds is 8. The molecule has 1 N–H and O–H groups in total. The molecule has 142 valence electrons. The number of hydrogen-bond acceptors (Lipinski definition) is 4. The molecule has 27 heavy (non-hydrogen) atoms. The molecule has 2 aromatic carbocycles. The van der Waals surface area contributed by atoms with Gasteiger partial charge in [-0.3, -0.25) is 4.79 Å². The number of methoxy groups -OCH3 is 1. The number of hydrazone groups is 1. The molecule has 0 fully saturated rings. The summed E-state index contributed by atoms with van der Waals surface area (Å²) in [5, 5.41) is 4.98. The van der Waals surface area contributed by atoms with Crippen molar-refractivity contribution >= 4 is 35.3 Å². The lowest BCUT2D eigenvalue weighted by molar-refractivity contribution is -0.118. The maximum Gasteiger partial charge on any atom is 0.236 e. The Morgan fingerprint density at radius 2 is 2.04 bits per heavy atom. The Kier molecular flexibility index (Phi) is 7.70. The number of nitrogens with zero attached hydrogens (tertiary/aromatic N) is 1. The number of allylic oxidation sites excluding steroid dienone is 1. The first-order valence-corrected chi connectivity index (χ1v) is 8.88. The molecule has 0 atom stereocenters. The molecule has 0 aliphatic rings. The lowest BCUT2D eigenvalue weighted by Gasteiger charge is -2.16. The molecule has 1 amide bonds. The normalized spacial score (nSPS) is 10.7. The van der Waals surface area contributed by atoms with Gasteiger partial charge in [-0.1, -0.05) is 35.3 Å². The van der Waals surface area contributed by atoms with Gasteiger partial charge >= 0.3 is 0 Å². The van der Waals surface area contributed by atoms with Crippen molar-refractivity contribution in [3.8, 4) is 11.5 Å². The largest absolute Gasteiger partial charge is 0.493 e. The van der Waals surface area contributed by atoms with E-state index >= 15 is 0 Å². The Labute approximate surface area is 168 Å². The fraction of sp³-hybridized carbons (Fsp3) is 0.200. The van der Waals surface area contributed by atoms with Gasteiger partial charge in [-0.2, -0.15) is 5.10 Å². The average Bonchev–Trinajstić information content (AvgIpc) is 2.61. The summed E-state index contributed by atoms with van der Waals surface area (Å²) in [5.74, 6) is 0.896. The number of nitrogens with one attached hydrogen (secondary N) is 1. The van der Waals surface area contributed by atoms with E-state index in [0.717, 1.165) is 16.7 Å². The van der Waals surface area contributed by atoms with Crippen LogP contribution in [0.15, 0.2) is 48.1 Å². The first-order chi connectivity index (χ1) is 12.9. The first kappa shape index (κ1) is 20.8. The third-order valence-corrected chi connectivity index (χ3v) is 4.15. The maximum atomic E-state index is 10.9. The number of ether oxygens (including phenoxy) is 2. The molecule has 0 aliphatic carbocycles. The summed E-state index contributed by atoms with van der Waals surface area (Å²) < 4.78 is 11.5. The zero-order chi connectivity index (χ0) is 19.8. The summed E-state index contributed by atoms with van der Waals surface area (Å²) in [5.41, 5.74) is 4.81. The van der Waals surface area contributed by atoms with E-state index in [1.54, 1.807) is 31.4 Å². The van der Waals surface area contributed by atoms with Gasteiger partial charge in [0.15, 0.2) is 11.5 Å². The summed E-state index contributed by atoms with van der Waals surface area (Å²) in [4.78, 5) is 10.9. The summed E-state index contributed by atoms with van der Waals surface area (Å²) in [6, 6.07) is 8.92. The third-order valence-electron chi connectivity index (χ3n) is 3.56. The third kappa shape index (κ3) is 6.01. The van der Waals surface area contributed by atoms with Gasteiger partial charge in [0, 0.05) is 28.1 Å². The van der Waals surface area contributed by atoms with Crippen molar-refractivity contribution in [1.29, 1.82) is 0 Å². The van der Waals surface area contributed by atoms with Gasteiger partial charge in [0.1, 0.15) is 6.61 Å². The van der Waals surface area contributed by atoms with Crippen LogP contribution in [0.1, 0.15) is 23.6 Å². The second-order valence-electron chi connectivity index (χ2n) is 5.65. The first-order valence-electron chi connectivity index (χ1n) is 8.12. The van der Waals surface area contributed by atoms with Gasteiger partial charge in [-0.15, -0.1) is 6.58 Å². The van der Waals surface area contributed by atoms with Crippen molar-refractivity contribution in [2.75, 3.05) is 7.11 Å². The maximum absolute atomic E-state index is 10.9. The topological polar surface area (TPSA) is 59.9 Å². The molecule has 2 aromatic rings. The Bertz CT molecular complexity index is 867. The van der Waals surface area contributed by atoms with Crippen LogP contribution in [0.4, 0.5) is 0 Å². The number of benzene rings is 2. The molecule has 0 saturated heterocycles. The van der Waals surface area contributed by atoms with Crippen LogP contribution in [-0.2, 0) is 17.8 Å².